The molecule has 0 spiro atoms. The number of hydrogen-bond acceptors (Lipinski definition) is 4. The van der Waals surface area contributed by atoms with E-state index >= 15 is 0 Å². The molecule has 6 nitrogen and oxygen atoms in total. The summed E-state index contributed by atoms with van der Waals surface area (Å²) in [6, 6.07) is 1.52. The Morgan fingerprint density at radius 1 is 1.52 bits per heavy atom. The SMILES string of the molecule is CCC1(C(=O)O)CCCN1c1c([N+](=O)[O-])ccc(F)c1F. The number of nitro groups is 1. The number of carbonyl (C=O) groups is 1. The van der Waals surface area contributed by atoms with Gasteiger partial charge in [-0.2, -0.15) is 0 Å². The highest BCUT2D eigenvalue weighted by Gasteiger charge is 2.49. The molecule has 0 aliphatic carbocycles. The Morgan fingerprint density at radius 2 is 2.19 bits per heavy atom. The first-order valence-corrected chi connectivity index (χ1v) is 6.48. The lowest BCUT2D eigenvalue weighted by atomic mass is 9.92. The molecule has 8 heteroatoms. The lowest BCUT2D eigenvalue weighted by Crippen LogP contribution is -2.50. The molecule has 0 aromatic heterocycles. The van der Waals surface area contributed by atoms with Crippen molar-refractivity contribution in [3.05, 3.63) is 33.9 Å². The van der Waals surface area contributed by atoms with Crippen LogP contribution in [0.4, 0.5) is 20.2 Å². The maximum absolute atomic E-state index is 14.1. The second kappa shape index (κ2) is 5.27. The topological polar surface area (TPSA) is 83.7 Å². The number of hydrogen-bond donors (Lipinski definition) is 1. The number of nitro benzene ring substituents is 1. The zero-order valence-electron chi connectivity index (χ0n) is 11.3. The third kappa shape index (κ3) is 2.20. The first-order valence-electron chi connectivity index (χ1n) is 6.48. The summed E-state index contributed by atoms with van der Waals surface area (Å²) in [5.41, 5.74) is -2.66. The highest BCUT2D eigenvalue weighted by molar-refractivity contribution is 5.86. The molecule has 1 aliphatic heterocycles. The number of anilines is 1. The van der Waals surface area contributed by atoms with Crippen molar-refractivity contribution in [2.75, 3.05) is 11.4 Å². The minimum atomic E-state index is -1.45. The van der Waals surface area contributed by atoms with E-state index in [0.29, 0.717) is 12.5 Å². The molecule has 0 radical (unpaired) electrons. The molecule has 1 aliphatic rings. The van der Waals surface area contributed by atoms with Gasteiger partial charge in [0.15, 0.2) is 17.3 Å². The van der Waals surface area contributed by atoms with Crippen LogP contribution in [0.25, 0.3) is 0 Å². The predicted molar refractivity (Wildman–Crippen MR) is 70.3 cm³/mol. The average Bonchev–Trinajstić information content (AvgIpc) is 2.86. The molecule has 1 unspecified atom stereocenters. The van der Waals surface area contributed by atoms with Crippen molar-refractivity contribution >= 4 is 17.3 Å². The van der Waals surface area contributed by atoms with Gasteiger partial charge >= 0.3 is 5.97 Å². The Kier molecular flexibility index (Phi) is 3.80. The fourth-order valence-electron chi connectivity index (χ4n) is 2.88. The van der Waals surface area contributed by atoms with Crippen molar-refractivity contribution in [1.82, 2.24) is 0 Å². The van der Waals surface area contributed by atoms with Crippen LogP contribution >= 0.6 is 0 Å². The smallest absolute Gasteiger partial charge is 0.329 e. The molecule has 1 saturated heterocycles. The highest BCUT2D eigenvalue weighted by atomic mass is 19.2. The van der Waals surface area contributed by atoms with E-state index in [1.807, 2.05) is 0 Å². The zero-order valence-corrected chi connectivity index (χ0v) is 11.3. The number of carboxylic acids is 1. The van der Waals surface area contributed by atoms with Gasteiger partial charge in [-0.25, -0.2) is 13.6 Å². The average molecular weight is 300 g/mol. The molecule has 1 aromatic rings. The molecular formula is C13H14F2N2O4. The van der Waals surface area contributed by atoms with Crippen LogP contribution in [0.2, 0.25) is 0 Å². The Hall–Kier alpha value is -2.25. The molecular weight excluding hydrogens is 286 g/mol. The standard InChI is InChI=1S/C13H14F2N2O4/c1-2-13(12(18)19)6-3-7-16(13)11-9(17(20)21)5-4-8(14)10(11)15/h4-5H,2-3,6-7H2,1H3,(H,18,19). The molecule has 1 heterocycles. The molecule has 0 bridgehead atoms. The lowest BCUT2D eigenvalue weighted by Gasteiger charge is -2.35. The van der Waals surface area contributed by atoms with Gasteiger partial charge in [0.2, 0.25) is 0 Å². The van der Waals surface area contributed by atoms with Crippen LogP contribution < -0.4 is 4.90 Å². The van der Waals surface area contributed by atoms with Gasteiger partial charge in [-0.3, -0.25) is 10.1 Å². The van der Waals surface area contributed by atoms with Gasteiger partial charge in [0.1, 0.15) is 5.54 Å². The lowest BCUT2D eigenvalue weighted by molar-refractivity contribution is -0.384. The summed E-state index contributed by atoms with van der Waals surface area (Å²) >= 11 is 0. The van der Waals surface area contributed by atoms with E-state index in [-0.39, 0.29) is 19.4 Å². The second-order valence-electron chi connectivity index (χ2n) is 4.93. The molecule has 0 saturated carbocycles. The van der Waals surface area contributed by atoms with E-state index in [1.54, 1.807) is 6.92 Å². The van der Waals surface area contributed by atoms with Crippen molar-refractivity contribution < 1.29 is 23.6 Å². The number of carboxylic acid groups (broad SMARTS) is 1. The van der Waals surface area contributed by atoms with Crippen LogP contribution in [0.15, 0.2) is 12.1 Å². The molecule has 1 atom stereocenters. The van der Waals surface area contributed by atoms with Crippen LogP contribution in [-0.2, 0) is 4.79 Å². The molecule has 1 fully saturated rings. The fraction of sp³-hybridized carbons (Fsp3) is 0.462. The maximum atomic E-state index is 14.1. The Balaban J connectivity index is 2.68. The van der Waals surface area contributed by atoms with Crippen molar-refractivity contribution in [3.8, 4) is 0 Å². The maximum Gasteiger partial charge on any atom is 0.329 e. The van der Waals surface area contributed by atoms with Gasteiger partial charge in [-0.15, -0.1) is 0 Å². The number of rotatable bonds is 4. The van der Waals surface area contributed by atoms with Gasteiger partial charge in [-0.05, 0) is 25.3 Å². The van der Waals surface area contributed by atoms with Crippen LogP contribution in [0.1, 0.15) is 26.2 Å². The minimum absolute atomic E-state index is 0.126. The largest absolute Gasteiger partial charge is 0.479 e. The van der Waals surface area contributed by atoms with Gasteiger partial charge in [0.25, 0.3) is 5.69 Å². The van der Waals surface area contributed by atoms with E-state index in [9.17, 15) is 28.8 Å². The van der Waals surface area contributed by atoms with Crippen LogP contribution in [0, 0.1) is 21.7 Å². The third-order valence-electron chi connectivity index (χ3n) is 3.99. The minimum Gasteiger partial charge on any atom is -0.479 e. The van der Waals surface area contributed by atoms with E-state index in [1.165, 1.54) is 0 Å². The Labute approximate surface area is 119 Å². The van der Waals surface area contributed by atoms with Crippen molar-refractivity contribution in [3.63, 3.8) is 0 Å². The van der Waals surface area contributed by atoms with Crippen LogP contribution in [0.5, 0.6) is 0 Å². The Morgan fingerprint density at radius 3 is 2.71 bits per heavy atom. The first kappa shape index (κ1) is 15.1. The summed E-state index contributed by atoms with van der Waals surface area (Å²) < 4.78 is 27.6. The molecule has 114 valence electrons. The molecule has 1 N–H and O–H groups in total. The van der Waals surface area contributed by atoms with Gasteiger partial charge < -0.3 is 10.0 Å². The molecule has 2 rings (SSSR count). The van der Waals surface area contributed by atoms with Crippen molar-refractivity contribution in [2.45, 2.75) is 31.7 Å². The van der Waals surface area contributed by atoms with Crippen molar-refractivity contribution in [2.24, 2.45) is 0 Å². The molecule has 0 amide bonds. The fourth-order valence-corrected chi connectivity index (χ4v) is 2.88. The second-order valence-corrected chi connectivity index (χ2v) is 4.93. The summed E-state index contributed by atoms with van der Waals surface area (Å²) in [6.45, 7) is 1.73. The summed E-state index contributed by atoms with van der Waals surface area (Å²) in [5, 5.41) is 20.5. The highest BCUT2D eigenvalue weighted by Crippen LogP contribution is 2.43. The quantitative estimate of drug-likeness (QED) is 0.682. The van der Waals surface area contributed by atoms with Crippen molar-refractivity contribution in [1.29, 1.82) is 0 Å². The normalized spacial score (nSPS) is 21.6. The first-order chi connectivity index (χ1) is 9.85. The van der Waals surface area contributed by atoms with Gasteiger partial charge in [0.05, 0.1) is 4.92 Å². The summed E-state index contributed by atoms with van der Waals surface area (Å²) in [5.74, 6) is -3.82. The predicted octanol–water partition coefficient (Wildman–Crippen LogP) is 2.71. The van der Waals surface area contributed by atoms with E-state index < -0.39 is 39.4 Å². The monoisotopic (exact) mass is 300 g/mol. The van der Waals surface area contributed by atoms with E-state index in [2.05, 4.69) is 0 Å². The number of nitrogens with zero attached hydrogens (tertiary/aromatic N) is 2. The molecule has 1 aromatic carbocycles. The summed E-state index contributed by atoms with van der Waals surface area (Å²) in [7, 11) is 0. The number of aliphatic carboxylic acids is 1. The summed E-state index contributed by atoms with van der Waals surface area (Å²) in [4.78, 5) is 22.9. The van der Waals surface area contributed by atoms with E-state index in [0.717, 1.165) is 11.0 Å². The Bertz CT molecular complexity index is 608. The number of halogens is 2. The third-order valence-corrected chi connectivity index (χ3v) is 3.99. The van der Waals surface area contributed by atoms with Crippen LogP contribution in [0.3, 0.4) is 0 Å². The van der Waals surface area contributed by atoms with Gasteiger partial charge in [-0.1, -0.05) is 6.92 Å². The summed E-state index contributed by atoms with van der Waals surface area (Å²) in [6.07, 6.45) is 0.800. The van der Waals surface area contributed by atoms with Crippen LogP contribution in [-0.4, -0.2) is 28.1 Å². The van der Waals surface area contributed by atoms with E-state index in [4.69, 9.17) is 0 Å². The van der Waals surface area contributed by atoms with Gasteiger partial charge in [0, 0.05) is 12.6 Å². The molecule has 21 heavy (non-hydrogen) atoms. The zero-order chi connectivity index (χ0) is 15.8. The number of benzene rings is 1.